The predicted octanol–water partition coefficient (Wildman–Crippen LogP) is -0.453. The molecule has 7 heteroatoms. The fraction of sp³-hybridized carbons (Fsp3) is 0.500. The van der Waals surface area contributed by atoms with Gasteiger partial charge < -0.3 is 19.9 Å². The summed E-state index contributed by atoms with van der Waals surface area (Å²) < 4.78 is 7.11. The number of nitrogens with zero attached hydrogens (tertiary/aromatic N) is 3. The van der Waals surface area contributed by atoms with E-state index in [1.807, 2.05) is 7.05 Å². The van der Waals surface area contributed by atoms with Crippen LogP contribution in [0.25, 0.3) is 0 Å². The predicted molar refractivity (Wildman–Crippen MR) is 65.6 cm³/mol. The van der Waals surface area contributed by atoms with Gasteiger partial charge in [0.05, 0.1) is 19.5 Å². The quantitative estimate of drug-likeness (QED) is 0.723. The van der Waals surface area contributed by atoms with Gasteiger partial charge in [-0.15, -0.1) is 0 Å². The maximum atomic E-state index is 12.1. The van der Waals surface area contributed by atoms with E-state index in [0.29, 0.717) is 25.4 Å². The van der Waals surface area contributed by atoms with Crippen molar-refractivity contribution in [3.63, 3.8) is 0 Å². The van der Waals surface area contributed by atoms with E-state index in [2.05, 4.69) is 4.98 Å². The van der Waals surface area contributed by atoms with Gasteiger partial charge in [-0.05, 0) is 0 Å². The molecule has 1 aromatic heterocycles. The Labute approximate surface area is 104 Å². The molecule has 0 bridgehead atoms. The van der Waals surface area contributed by atoms with E-state index >= 15 is 0 Å². The lowest BCUT2D eigenvalue weighted by molar-refractivity contribution is 0.00852. The number of morpholine rings is 1. The van der Waals surface area contributed by atoms with Crippen LogP contribution in [0.4, 0.5) is 0 Å². The number of thiocarbonyl (C=S) groups is 1. The van der Waals surface area contributed by atoms with Crippen LogP contribution in [-0.2, 0) is 11.8 Å². The molecule has 2 heterocycles. The number of rotatable bonds is 2. The number of amides is 1. The van der Waals surface area contributed by atoms with Gasteiger partial charge in [0.25, 0.3) is 5.91 Å². The minimum Gasteiger partial charge on any atom is -0.391 e. The van der Waals surface area contributed by atoms with Crippen molar-refractivity contribution in [2.75, 3.05) is 19.7 Å². The minimum absolute atomic E-state index is 0.116. The second kappa shape index (κ2) is 4.80. The van der Waals surface area contributed by atoms with Gasteiger partial charge in [0, 0.05) is 19.8 Å². The van der Waals surface area contributed by atoms with E-state index < -0.39 is 0 Å². The first-order chi connectivity index (χ1) is 8.08. The molecule has 1 aromatic rings. The number of nitrogens with two attached hydrogens (primary N) is 1. The maximum absolute atomic E-state index is 12.1. The van der Waals surface area contributed by atoms with E-state index in [0.717, 1.165) is 0 Å². The lowest BCUT2D eigenvalue weighted by Crippen LogP contribution is -2.50. The first-order valence-electron chi connectivity index (χ1n) is 5.26. The lowest BCUT2D eigenvalue weighted by atomic mass is 10.2. The number of imidazole rings is 1. The Morgan fingerprint density at radius 2 is 2.47 bits per heavy atom. The van der Waals surface area contributed by atoms with Crippen molar-refractivity contribution in [2.24, 2.45) is 12.8 Å². The topological polar surface area (TPSA) is 73.4 Å². The second-order valence-electron chi connectivity index (χ2n) is 3.94. The zero-order valence-electron chi connectivity index (χ0n) is 9.50. The van der Waals surface area contributed by atoms with Crippen molar-refractivity contribution in [1.82, 2.24) is 14.5 Å². The third-order valence-corrected chi connectivity index (χ3v) is 2.86. The summed E-state index contributed by atoms with van der Waals surface area (Å²) in [5.41, 5.74) is 5.95. The van der Waals surface area contributed by atoms with Crippen molar-refractivity contribution in [2.45, 2.75) is 6.10 Å². The van der Waals surface area contributed by atoms with Crippen molar-refractivity contribution < 1.29 is 9.53 Å². The van der Waals surface area contributed by atoms with Crippen molar-refractivity contribution in [3.8, 4) is 0 Å². The summed E-state index contributed by atoms with van der Waals surface area (Å²) in [7, 11) is 1.82. The third-order valence-electron chi connectivity index (χ3n) is 2.59. The summed E-state index contributed by atoms with van der Waals surface area (Å²) in [5, 5.41) is 0. The van der Waals surface area contributed by atoms with Crippen LogP contribution in [0.3, 0.4) is 0 Å². The Bertz CT molecular complexity index is 445. The molecule has 2 N–H and O–H groups in total. The molecule has 0 aromatic carbocycles. The Hall–Kier alpha value is -1.47. The van der Waals surface area contributed by atoms with Gasteiger partial charge >= 0.3 is 0 Å². The fourth-order valence-electron chi connectivity index (χ4n) is 1.69. The van der Waals surface area contributed by atoms with Crippen LogP contribution in [0.2, 0.25) is 0 Å². The molecule has 1 amide bonds. The number of aryl methyl sites for hydroxylation is 1. The molecule has 92 valence electrons. The average molecular weight is 254 g/mol. The SMILES string of the molecule is Cn1cnc(C(=O)N2CCOC(C(N)=S)C2)c1. The Morgan fingerprint density at radius 3 is 3.06 bits per heavy atom. The first-order valence-corrected chi connectivity index (χ1v) is 5.67. The summed E-state index contributed by atoms with van der Waals surface area (Å²) in [6, 6.07) is 0. The van der Waals surface area contributed by atoms with Gasteiger partial charge in [0.15, 0.2) is 0 Å². The number of hydrogen-bond acceptors (Lipinski definition) is 4. The third kappa shape index (κ3) is 2.62. The van der Waals surface area contributed by atoms with Gasteiger partial charge in [-0.25, -0.2) is 4.98 Å². The number of ether oxygens (including phenoxy) is 1. The fourth-order valence-corrected chi connectivity index (χ4v) is 1.83. The highest BCUT2D eigenvalue weighted by atomic mass is 32.1. The molecule has 17 heavy (non-hydrogen) atoms. The summed E-state index contributed by atoms with van der Waals surface area (Å²) >= 11 is 4.87. The molecule has 1 aliphatic heterocycles. The smallest absolute Gasteiger partial charge is 0.274 e. The molecule has 0 saturated carbocycles. The molecule has 1 fully saturated rings. The van der Waals surface area contributed by atoms with E-state index in [-0.39, 0.29) is 17.0 Å². The van der Waals surface area contributed by atoms with Gasteiger partial charge in [0.1, 0.15) is 16.8 Å². The molecule has 1 atom stereocenters. The number of carbonyl (C=O) groups is 1. The summed E-state index contributed by atoms with van der Waals surface area (Å²) in [5.74, 6) is -0.116. The molecule has 6 nitrogen and oxygen atoms in total. The molecule has 0 aliphatic carbocycles. The van der Waals surface area contributed by atoms with Crippen LogP contribution < -0.4 is 5.73 Å². The molecule has 1 aliphatic rings. The minimum atomic E-state index is -0.355. The van der Waals surface area contributed by atoms with Crippen LogP contribution in [-0.4, -0.2) is 51.1 Å². The summed E-state index contributed by atoms with van der Waals surface area (Å²) in [6.07, 6.45) is 2.93. The lowest BCUT2D eigenvalue weighted by Gasteiger charge is -2.31. The molecule has 1 saturated heterocycles. The Kier molecular flexibility index (Phi) is 3.39. The van der Waals surface area contributed by atoms with E-state index in [9.17, 15) is 4.79 Å². The largest absolute Gasteiger partial charge is 0.391 e. The molecular formula is C10H14N4O2S. The van der Waals surface area contributed by atoms with Crippen LogP contribution >= 0.6 is 12.2 Å². The first kappa shape index (κ1) is 12.0. The Morgan fingerprint density at radius 1 is 1.71 bits per heavy atom. The van der Waals surface area contributed by atoms with E-state index in [1.165, 1.54) is 0 Å². The maximum Gasteiger partial charge on any atom is 0.274 e. The highest BCUT2D eigenvalue weighted by Gasteiger charge is 2.27. The van der Waals surface area contributed by atoms with Crippen molar-refractivity contribution in [1.29, 1.82) is 0 Å². The monoisotopic (exact) mass is 254 g/mol. The molecule has 1 unspecified atom stereocenters. The summed E-state index contributed by atoms with van der Waals surface area (Å²) in [6.45, 7) is 1.37. The van der Waals surface area contributed by atoms with E-state index in [1.54, 1.807) is 22.0 Å². The van der Waals surface area contributed by atoms with Crippen LogP contribution in [0.15, 0.2) is 12.5 Å². The molecule has 0 spiro atoms. The average Bonchev–Trinajstić information content (AvgIpc) is 2.75. The number of hydrogen-bond donors (Lipinski definition) is 1. The molecular weight excluding hydrogens is 240 g/mol. The van der Waals surface area contributed by atoms with E-state index in [4.69, 9.17) is 22.7 Å². The standard InChI is InChI=1S/C10H14N4O2S/c1-13-4-7(12-6-13)10(15)14-2-3-16-8(5-14)9(11)17/h4,6,8H,2-3,5H2,1H3,(H2,11,17). The van der Waals surface area contributed by atoms with Crippen LogP contribution in [0.5, 0.6) is 0 Å². The molecule has 2 rings (SSSR count). The molecule has 0 radical (unpaired) electrons. The number of aromatic nitrogens is 2. The normalized spacial score (nSPS) is 20.3. The van der Waals surface area contributed by atoms with Crippen LogP contribution in [0.1, 0.15) is 10.5 Å². The van der Waals surface area contributed by atoms with Gasteiger partial charge in [0.2, 0.25) is 0 Å². The van der Waals surface area contributed by atoms with Gasteiger partial charge in [-0.3, -0.25) is 4.79 Å². The van der Waals surface area contributed by atoms with Crippen molar-refractivity contribution >= 4 is 23.1 Å². The second-order valence-corrected chi connectivity index (χ2v) is 4.41. The Balaban J connectivity index is 2.07. The highest BCUT2D eigenvalue weighted by Crippen LogP contribution is 2.09. The number of carbonyl (C=O) groups excluding carboxylic acids is 1. The zero-order chi connectivity index (χ0) is 12.4. The highest BCUT2D eigenvalue weighted by molar-refractivity contribution is 7.80. The zero-order valence-corrected chi connectivity index (χ0v) is 10.3. The van der Waals surface area contributed by atoms with Gasteiger partial charge in [-0.1, -0.05) is 12.2 Å². The van der Waals surface area contributed by atoms with Crippen LogP contribution in [0, 0.1) is 0 Å². The van der Waals surface area contributed by atoms with Crippen molar-refractivity contribution in [3.05, 3.63) is 18.2 Å². The summed E-state index contributed by atoms with van der Waals surface area (Å²) in [4.78, 5) is 18.1. The van der Waals surface area contributed by atoms with Gasteiger partial charge in [-0.2, -0.15) is 0 Å².